The lowest BCUT2D eigenvalue weighted by molar-refractivity contribution is -0.126. The Morgan fingerprint density at radius 1 is 1.40 bits per heavy atom. The second-order valence-electron chi connectivity index (χ2n) is 7.01. The van der Waals surface area contributed by atoms with Crippen LogP contribution in [0.5, 0.6) is 0 Å². The number of hydrogen-bond acceptors (Lipinski definition) is 3. The van der Waals surface area contributed by atoms with Crippen molar-refractivity contribution in [2.45, 2.75) is 39.3 Å². The zero-order chi connectivity index (χ0) is 17.5. The number of aryl methyl sites for hydroxylation is 2. The third kappa shape index (κ3) is 5.43. The topological polar surface area (TPSA) is 50.2 Å². The van der Waals surface area contributed by atoms with Crippen molar-refractivity contribution in [3.63, 3.8) is 0 Å². The summed E-state index contributed by atoms with van der Waals surface area (Å²) in [4.78, 5) is 18.9. The first-order valence-corrected chi connectivity index (χ1v) is 9.22. The molecule has 0 spiro atoms. The Balaban J connectivity index is 1.41. The summed E-state index contributed by atoms with van der Waals surface area (Å²) in [5.74, 6) is 0.325. The molecule has 1 fully saturated rings. The molecule has 2 aromatic rings. The molecule has 25 heavy (non-hydrogen) atoms. The van der Waals surface area contributed by atoms with Crippen LogP contribution in [0.4, 0.5) is 0 Å². The van der Waals surface area contributed by atoms with Crippen LogP contribution in [0.25, 0.3) is 0 Å². The first kappa shape index (κ1) is 17.7. The van der Waals surface area contributed by atoms with Crippen molar-refractivity contribution >= 4 is 5.91 Å². The van der Waals surface area contributed by atoms with E-state index in [9.17, 15) is 4.79 Å². The minimum atomic E-state index is 0.117. The zero-order valence-electron chi connectivity index (χ0n) is 15.0. The van der Waals surface area contributed by atoms with Crippen LogP contribution in [-0.2, 0) is 17.9 Å². The zero-order valence-corrected chi connectivity index (χ0v) is 15.0. The van der Waals surface area contributed by atoms with Crippen molar-refractivity contribution in [3.05, 3.63) is 54.1 Å². The van der Waals surface area contributed by atoms with Crippen LogP contribution in [0.3, 0.4) is 0 Å². The van der Waals surface area contributed by atoms with Gasteiger partial charge in [0.2, 0.25) is 5.91 Å². The van der Waals surface area contributed by atoms with Crippen LogP contribution < -0.4 is 5.32 Å². The fraction of sp³-hybridized carbons (Fsp3) is 0.500. The first-order chi connectivity index (χ1) is 12.2. The van der Waals surface area contributed by atoms with Crippen molar-refractivity contribution in [1.82, 2.24) is 19.8 Å². The van der Waals surface area contributed by atoms with Crippen molar-refractivity contribution in [1.29, 1.82) is 0 Å². The summed E-state index contributed by atoms with van der Waals surface area (Å²) in [6.45, 7) is 6.63. The highest BCUT2D eigenvalue weighted by Crippen LogP contribution is 2.19. The van der Waals surface area contributed by atoms with Crippen molar-refractivity contribution in [2.24, 2.45) is 5.92 Å². The number of benzene rings is 1. The molecule has 1 N–H and O–H groups in total. The number of hydrogen-bond donors (Lipinski definition) is 1. The summed E-state index contributed by atoms with van der Waals surface area (Å²) in [5, 5.41) is 3.11. The van der Waals surface area contributed by atoms with Gasteiger partial charge in [0.1, 0.15) is 0 Å². The van der Waals surface area contributed by atoms with E-state index in [1.165, 1.54) is 11.1 Å². The molecule has 134 valence electrons. The monoisotopic (exact) mass is 340 g/mol. The van der Waals surface area contributed by atoms with Gasteiger partial charge < -0.3 is 9.88 Å². The lowest BCUT2D eigenvalue weighted by Gasteiger charge is -2.32. The van der Waals surface area contributed by atoms with E-state index < -0.39 is 0 Å². The number of carbonyl (C=O) groups excluding carboxylic acids is 1. The van der Waals surface area contributed by atoms with E-state index in [1.54, 1.807) is 6.20 Å². The van der Waals surface area contributed by atoms with Gasteiger partial charge in [0.15, 0.2) is 0 Å². The smallest absolute Gasteiger partial charge is 0.224 e. The van der Waals surface area contributed by atoms with Crippen molar-refractivity contribution in [3.8, 4) is 0 Å². The van der Waals surface area contributed by atoms with Crippen LogP contribution in [0.1, 0.15) is 30.4 Å². The second-order valence-corrected chi connectivity index (χ2v) is 7.01. The molecule has 0 radical (unpaired) electrons. The molecule has 1 aliphatic heterocycles. The molecule has 1 aromatic carbocycles. The molecule has 0 bridgehead atoms. The molecule has 1 unspecified atom stereocenters. The van der Waals surface area contributed by atoms with Gasteiger partial charge in [0.25, 0.3) is 0 Å². The molecule has 1 amide bonds. The molecule has 1 atom stereocenters. The van der Waals surface area contributed by atoms with Crippen LogP contribution in [0.15, 0.2) is 43.0 Å². The van der Waals surface area contributed by atoms with Gasteiger partial charge in [-0.25, -0.2) is 4.98 Å². The Bertz CT molecular complexity index is 668. The average molecular weight is 340 g/mol. The molecular formula is C20H28N4O. The maximum Gasteiger partial charge on any atom is 0.224 e. The van der Waals surface area contributed by atoms with Crippen LogP contribution >= 0.6 is 0 Å². The summed E-state index contributed by atoms with van der Waals surface area (Å²) in [5.41, 5.74) is 2.63. The van der Waals surface area contributed by atoms with Gasteiger partial charge in [-0.1, -0.05) is 29.8 Å². The van der Waals surface area contributed by atoms with Gasteiger partial charge in [-0.3, -0.25) is 9.69 Å². The van der Waals surface area contributed by atoms with Gasteiger partial charge in [-0.2, -0.15) is 0 Å². The first-order valence-electron chi connectivity index (χ1n) is 9.22. The summed E-state index contributed by atoms with van der Waals surface area (Å²) >= 11 is 0. The van der Waals surface area contributed by atoms with Gasteiger partial charge in [0, 0.05) is 38.6 Å². The summed E-state index contributed by atoms with van der Waals surface area (Å²) in [7, 11) is 0. The lowest BCUT2D eigenvalue weighted by Crippen LogP contribution is -2.43. The lowest BCUT2D eigenvalue weighted by atomic mass is 9.96. The second kappa shape index (κ2) is 8.81. The number of carbonyl (C=O) groups is 1. The summed E-state index contributed by atoms with van der Waals surface area (Å²) in [6, 6.07) is 8.64. The van der Waals surface area contributed by atoms with Gasteiger partial charge in [0.05, 0.1) is 12.2 Å². The predicted molar refractivity (Wildman–Crippen MR) is 99.0 cm³/mol. The Hall–Kier alpha value is -2.14. The molecule has 2 heterocycles. The molecular weight excluding hydrogens is 312 g/mol. The molecule has 0 aliphatic carbocycles. The Morgan fingerprint density at radius 3 is 3.12 bits per heavy atom. The number of piperidine rings is 1. The Labute approximate surface area is 150 Å². The third-order valence-corrected chi connectivity index (χ3v) is 4.82. The van der Waals surface area contributed by atoms with Gasteiger partial charge >= 0.3 is 0 Å². The number of amides is 1. The van der Waals surface area contributed by atoms with E-state index >= 15 is 0 Å². The van der Waals surface area contributed by atoms with E-state index in [2.05, 4.69) is 46.4 Å². The predicted octanol–water partition coefficient (Wildman–Crippen LogP) is 2.61. The standard InChI is InChI=1S/C20H28N4O/c1-17-5-2-6-18(13-17)14-24-10-3-7-19(15-24)20(25)22-8-4-11-23-12-9-21-16-23/h2,5-6,9,12-13,16,19H,3-4,7-8,10-11,14-15H2,1H3,(H,22,25). The molecule has 3 rings (SSSR count). The minimum Gasteiger partial charge on any atom is -0.356 e. The highest BCUT2D eigenvalue weighted by molar-refractivity contribution is 5.78. The van der Waals surface area contributed by atoms with Gasteiger partial charge in [-0.05, 0) is 38.3 Å². The largest absolute Gasteiger partial charge is 0.356 e. The average Bonchev–Trinajstić information content (AvgIpc) is 3.12. The summed E-state index contributed by atoms with van der Waals surface area (Å²) in [6.07, 6.45) is 8.57. The normalized spacial score (nSPS) is 18.2. The Kier molecular flexibility index (Phi) is 6.23. The fourth-order valence-electron chi connectivity index (χ4n) is 3.52. The third-order valence-electron chi connectivity index (χ3n) is 4.82. The molecule has 1 aliphatic rings. The SMILES string of the molecule is Cc1cccc(CN2CCCC(C(=O)NCCCn3ccnc3)C2)c1. The maximum atomic E-state index is 12.5. The number of nitrogens with zero attached hydrogens (tertiary/aromatic N) is 3. The number of imidazole rings is 1. The Morgan fingerprint density at radius 2 is 2.32 bits per heavy atom. The number of rotatable bonds is 7. The molecule has 5 nitrogen and oxygen atoms in total. The van der Waals surface area contributed by atoms with E-state index in [0.29, 0.717) is 0 Å². The number of nitrogens with one attached hydrogen (secondary N) is 1. The van der Waals surface area contributed by atoms with E-state index in [0.717, 1.165) is 52.0 Å². The maximum absolute atomic E-state index is 12.5. The number of aromatic nitrogens is 2. The number of likely N-dealkylation sites (tertiary alicyclic amines) is 1. The van der Waals surface area contributed by atoms with E-state index in [-0.39, 0.29) is 11.8 Å². The highest BCUT2D eigenvalue weighted by atomic mass is 16.1. The highest BCUT2D eigenvalue weighted by Gasteiger charge is 2.25. The van der Waals surface area contributed by atoms with Crippen molar-refractivity contribution in [2.75, 3.05) is 19.6 Å². The minimum absolute atomic E-state index is 0.117. The van der Waals surface area contributed by atoms with E-state index in [1.807, 2.05) is 17.1 Å². The molecule has 0 saturated carbocycles. The van der Waals surface area contributed by atoms with Crippen LogP contribution in [0, 0.1) is 12.8 Å². The summed E-state index contributed by atoms with van der Waals surface area (Å²) < 4.78 is 2.04. The molecule has 1 aromatic heterocycles. The molecule has 1 saturated heterocycles. The fourth-order valence-corrected chi connectivity index (χ4v) is 3.52. The quantitative estimate of drug-likeness (QED) is 0.788. The molecule has 5 heteroatoms. The van der Waals surface area contributed by atoms with Crippen LogP contribution in [-0.4, -0.2) is 40.0 Å². The van der Waals surface area contributed by atoms with Gasteiger partial charge in [-0.15, -0.1) is 0 Å². The van der Waals surface area contributed by atoms with Crippen molar-refractivity contribution < 1.29 is 4.79 Å². The van der Waals surface area contributed by atoms with E-state index in [4.69, 9.17) is 0 Å². The van der Waals surface area contributed by atoms with Crippen LogP contribution in [0.2, 0.25) is 0 Å².